The van der Waals surface area contributed by atoms with Crippen LogP contribution in [-0.4, -0.2) is 24.0 Å². The van der Waals surface area contributed by atoms with E-state index in [0.29, 0.717) is 34.1 Å². The van der Waals surface area contributed by atoms with Gasteiger partial charge in [-0.2, -0.15) is 0 Å². The number of rotatable bonds is 6. The van der Waals surface area contributed by atoms with E-state index in [1.54, 1.807) is 18.0 Å². The van der Waals surface area contributed by atoms with Crippen molar-refractivity contribution in [1.29, 1.82) is 0 Å². The minimum absolute atomic E-state index is 0.0961. The van der Waals surface area contributed by atoms with Gasteiger partial charge in [0.15, 0.2) is 0 Å². The van der Waals surface area contributed by atoms with Gasteiger partial charge in [-0.25, -0.2) is 4.39 Å². The van der Waals surface area contributed by atoms with Crippen LogP contribution >= 0.6 is 11.3 Å². The van der Waals surface area contributed by atoms with Crippen molar-refractivity contribution >= 4 is 38.3 Å². The molecule has 5 aromatic rings. The number of aryl methyl sites for hydroxylation is 1. The van der Waals surface area contributed by atoms with Gasteiger partial charge >= 0.3 is 0 Å². The number of fused-ring (bicyclic) bond motifs is 2. The van der Waals surface area contributed by atoms with E-state index >= 15 is 0 Å². The van der Waals surface area contributed by atoms with Crippen LogP contribution < -0.4 is 4.74 Å². The predicted molar refractivity (Wildman–Crippen MR) is 140 cm³/mol. The second kappa shape index (κ2) is 9.19. The highest BCUT2D eigenvalue weighted by Gasteiger charge is 2.26. The van der Waals surface area contributed by atoms with Crippen LogP contribution in [0.4, 0.5) is 4.39 Å². The summed E-state index contributed by atoms with van der Waals surface area (Å²) in [4.78, 5) is 16.0. The summed E-state index contributed by atoms with van der Waals surface area (Å²) in [6.45, 7) is 6.19. The lowest BCUT2D eigenvalue weighted by molar-refractivity contribution is 0.0781. The molecule has 0 saturated heterocycles. The summed E-state index contributed by atoms with van der Waals surface area (Å²) < 4.78 is 27.4. The Morgan fingerprint density at radius 3 is 2.66 bits per heavy atom. The van der Waals surface area contributed by atoms with E-state index in [2.05, 4.69) is 6.07 Å². The monoisotopic (exact) mass is 487 g/mol. The third-order valence-corrected chi connectivity index (χ3v) is 6.97. The molecule has 0 aliphatic heterocycles. The van der Waals surface area contributed by atoms with Crippen molar-refractivity contribution in [3.63, 3.8) is 0 Å². The first kappa shape index (κ1) is 23.1. The molecule has 35 heavy (non-hydrogen) atoms. The molecule has 6 heteroatoms. The van der Waals surface area contributed by atoms with Gasteiger partial charge in [-0.05, 0) is 62.7 Å². The minimum atomic E-state index is -0.378. The zero-order valence-corrected chi connectivity index (χ0v) is 20.9. The zero-order chi connectivity index (χ0) is 24.7. The number of hydrogen-bond acceptors (Lipinski definition) is 4. The van der Waals surface area contributed by atoms with Crippen LogP contribution in [0.2, 0.25) is 0 Å². The van der Waals surface area contributed by atoms with Crippen molar-refractivity contribution in [2.45, 2.75) is 33.4 Å². The number of amides is 1. The molecule has 2 heterocycles. The average molecular weight is 488 g/mol. The summed E-state index contributed by atoms with van der Waals surface area (Å²) in [5.74, 6) is 0.724. The highest BCUT2D eigenvalue weighted by atomic mass is 32.1. The molecule has 0 saturated carbocycles. The molecule has 0 atom stereocenters. The van der Waals surface area contributed by atoms with Gasteiger partial charge in [0.1, 0.15) is 27.8 Å². The van der Waals surface area contributed by atoms with Gasteiger partial charge in [0.25, 0.3) is 5.91 Å². The lowest BCUT2D eigenvalue weighted by Crippen LogP contribution is -2.25. The maximum atomic E-state index is 14.5. The molecule has 0 unspecified atom stereocenters. The number of furan rings is 1. The van der Waals surface area contributed by atoms with Crippen molar-refractivity contribution in [3.05, 3.63) is 88.7 Å². The van der Waals surface area contributed by atoms with E-state index < -0.39 is 0 Å². The molecule has 4 nitrogen and oxygen atoms in total. The molecule has 0 fully saturated rings. The van der Waals surface area contributed by atoms with Gasteiger partial charge in [-0.3, -0.25) is 4.79 Å². The maximum Gasteiger partial charge on any atom is 0.264 e. The highest BCUT2D eigenvalue weighted by molar-refractivity contribution is 7.21. The van der Waals surface area contributed by atoms with Crippen LogP contribution in [0.25, 0.3) is 32.2 Å². The Kier molecular flexibility index (Phi) is 6.07. The molecule has 3 aromatic carbocycles. The van der Waals surface area contributed by atoms with Crippen molar-refractivity contribution in [3.8, 4) is 16.9 Å². The van der Waals surface area contributed by atoms with E-state index in [1.807, 2.05) is 63.2 Å². The first-order chi connectivity index (χ1) is 16.8. The van der Waals surface area contributed by atoms with Crippen LogP contribution in [0, 0.1) is 12.7 Å². The van der Waals surface area contributed by atoms with E-state index in [-0.39, 0.29) is 17.8 Å². The topological polar surface area (TPSA) is 42.7 Å². The number of benzene rings is 3. The van der Waals surface area contributed by atoms with Crippen LogP contribution in [-0.2, 0) is 6.54 Å². The van der Waals surface area contributed by atoms with Crippen LogP contribution in [0.3, 0.4) is 0 Å². The van der Waals surface area contributed by atoms with Crippen molar-refractivity contribution in [1.82, 2.24) is 4.90 Å². The quantitative estimate of drug-likeness (QED) is 0.245. The highest BCUT2D eigenvalue weighted by Crippen LogP contribution is 2.44. The molecule has 1 amide bonds. The Hall–Kier alpha value is -3.64. The Morgan fingerprint density at radius 2 is 1.89 bits per heavy atom. The van der Waals surface area contributed by atoms with Crippen LogP contribution in [0.5, 0.6) is 5.75 Å². The summed E-state index contributed by atoms with van der Waals surface area (Å²) in [5.41, 5.74) is 3.16. The number of carbonyl (C=O) groups is 1. The van der Waals surface area contributed by atoms with Gasteiger partial charge in [-0.1, -0.05) is 30.3 Å². The number of thiophene rings is 1. The second-order valence-corrected chi connectivity index (χ2v) is 10.1. The molecular weight excluding hydrogens is 461 g/mol. The molecule has 0 radical (unpaired) electrons. The Labute approximate surface area is 207 Å². The minimum Gasteiger partial charge on any atom is -0.490 e. The first-order valence-electron chi connectivity index (χ1n) is 11.5. The first-order valence-corrected chi connectivity index (χ1v) is 12.3. The second-order valence-electron chi connectivity index (χ2n) is 9.02. The molecule has 0 aliphatic rings. The molecule has 2 aromatic heterocycles. The number of halogens is 1. The lowest BCUT2D eigenvalue weighted by Gasteiger charge is -2.18. The largest absolute Gasteiger partial charge is 0.490 e. The lowest BCUT2D eigenvalue weighted by atomic mass is 9.99. The summed E-state index contributed by atoms with van der Waals surface area (Å²) in [5, 5.41) is 1.90. The number of nitrogens with zero attached hydrogens (tertiary/aromatic N) is 1. The SMILES string of the molecule is Cc1ccc2c(-c3cc(F)ccc3OC(C)C)c(C(=O)N(C)Cc3cc4ccccc4o3)sc2c1. The Bertz CT molecular complexity index is 1520. The van der Waals surface area contributed by atoms with Gasteiger partial charge in [0.05, 0.1) is 12.6 Å². The molecule has 0 aliphatic carbocycles. The number of ether oxygens (including phenoxy) is 1. The number of hydrogen-bond donors (Lipinski definition) is 0. The van der Waals surface area contributed by atoms with Gasteiger partial charge in [0, 0.05) is 33.6 Å². The molecule has 178 valence electrons. The molecule has 0 N–H and O–H groups in total. The molecule has 0 bridgehead atoms. The Morgan fingerprint density at radius 1 is 1.09 bits per heavy atom. The molecule has 5 rings (SSSR count). The smallest absolute Gasteiger partial charge is 0.264 e. The van der Waals surface area contributed by atoms with Gasteiger partial charge in [-0.15, -0.1) is 11.3 Å². The van der Waals surface area contributed by atoms with Gasteiger partial charge < -0.3 is 14.1 Å². The average Bonchev–Trinajstić information content (AvgIpc) is 3.39. The standard InChI is InChI=1S/C29H26FNO3S/c1-17(2)33-25-12-10-20(30)15-23(25)27-22-11-9-18(3)13-26(22)35-28(27)29(32)31(4)16-21-14-19-7-5-6-8-24(19)34-21/h5-15,17H,16H2,1-4H3. The van der Waals surface area contributed by atoms with E-state index in [9.17, 15) is 9.18 Å². The molecule has 0 spiro atoms. The van der Waals surface area contributed by atoms with Crippen LogP contribution in [0.15, 0.2) is 71.1 Å². The fourth-order valence-electron chi connectivity index (χ4n) is 4.27. The van der Waals surface area contributed by atoms with Crippen molar-refractivity contribution < 1.29 is 18.3 Å². The fraction of sp³-hybridized carbons (Fsp3) is 0.207. The third-order valence-electron chi connectivity index (χ3n) is 5.83. The summed E-state index contributed by atoms with van der Waals surface area (Å²) in [6.07, 6.45) is -0.0961. The maximum absolute atomic E-state index is 14.5. The van der Waals surface area contributed by atoms with Crippen molar-refractivity contribution in [2.24, 2.45) is 0 Å². The number of para-hydroxylation sites is 1. The van der Waals surface area contributed by atoms with Crippen molar-refractivity contribution in [2.75, 3.05) is 7.05 Å². The molecular formula is C29H26FNO3S. The van der Waals surface area contributed by atoms with E-state index in [4.69, 9.17) is 9.15 Å². The third kappa shape index (κ3) is 4.54. The normalized spacial score (nSPS) is 11.5. The zero-order valence-electron chi connectivity index (χ0n) is 20.1. The number of carbonyl (C=O) groups excluding carboxylic acids is 1. The fourth-order valence-corrected chi connectivity index (χ4v) is 5.58. The summed E-state index contributed by atoms with van der Waals surface area (Å²) in [7, 11) is 1.76. The predicted octanol–water partition coefficient (Wildman–Crippen LogP) is 7.82. The van der Waals surface area contributed by atoms with Crippen LogP contribution in [0.1, 0.15) is 34.8 Å². The summed E-state index contributed by atoms with van der Waals surface area (Å²) >= 11 is 1.42. The summed E-state index contributed by atoms with van der Waals surface area (Å²) in [6, 6.07) is 20.3. The Balaban J connectivity index is 1.60. The van der Waals surface area contributed by atoms with E-state index in [0.717, 1.165) is 26.6 Å². The van der Waals surface area contributed by atoms with Gasteiger partial charge in [0.2, 0.25) is 0 Å². The van der Waals surface area contributed by atoms with E-state index in [1.165, 1.54) is 23.5 Å².